The van der Waals surface area contributed by atoms with E-state index in [0.717, 1.165) is 39.6 Å². The molecule has 2 aromatic carbocycles. The molecular formula is C21H24ClNO3S2. The van der Waals surface area contributed by atoms with Gasteiger partial charge in [-0.1, -0.05) is 35.9 Å². The minimum absolute atomic E-state index is 0.00250. The lowest BCUT2D eigenvalue weighted by molar-refractivity contribution is 0.309. The Kier molecular flexibility index (Phi) is 6.76. The highest BCUT2D eigenvalue weighted by Crippen LogP contribution is 2.37. The molecule has 0 aliphatic heterocycles. The van der Waals surface area contributed by atoms with E-state index < -0.39 is 10.1 Å². The second-order valence-electron chi connectivity index (χ2n) is 6.88. The zero-order valence-corrected chi connectivity index (χ0v) is 18.5. The molecule has 4 nitrogen and oxygen atoms in total. The molecule has 7 heteroatoms. The molecule has 0 bridgehead atoms. The second kappa shape index (κ2) is 8.91. The van der Waals surface area contributed by atoms with E-state index in [1.165, 1.54) is 5.56 Å². The van der Waals surface area contributed by atoms with Gasteiger partial charge in [-0.3, -0.25) is 4.18 Å². The van der Waals surface area contributed by atoms with Gasteiger partial charge in [-0.2, -0.15) is 20.2 Å². The van der Waals surface area contributed by atoms with Crippen LogP contribution >= 0.6 is 23.4 Å². The van der Waals surface area contributed by atoms with E-state index in [2.05, 4.69) is 29.4 Å². The molecule has 0 aliphatic rings. The van der Waals surface area contributed by atoms with Gasteiger partial charge in [-0.25, -0.2) is 0 Å². The van der Waals surface area contributed by atoms with E-state index in [9.17, 15) is 8.42 Å². The standard InChI is InChI=1S/C21H24ClNO3S2/c1-14-11-16(22)7-8-17(14)18(9-10-26-28(3,24)25)20-12-23-21-15(13-27-2)5-4-6-19(20)21/h4-8,11-12,18,23H,9-10,13H2,1-3H3. The molecule has 0 aliphatic carbocycles. The fraction of sp³-hybridized carbons (Fsp3) is 0.333. The van der Waals surface area contributed by atoms with Crippen molar-refractivity contribution in [2.45, 2.75) is 25.0 Å². The van der Waals surface area contributed by atoms with Crippen molar-refractivity contribution in [3.05, 3.63) is 69.9 Å². The summed E-state index contributed by atoms with van der Waals surface area (Å²) in [6.45, 7) is 2.16. The summed E-state index contributed by atoms with van der Waals surface area (Å²) >= 11 is 7.93. The highest BCUT2D eigenvalue weighted by molar-refractivity contribution is 7.97. The number of fused-ring (bicyclic) bond motifs is 1. The van der Waals surface area contributed by atoms with Crippen LogP contribution in [0.2, 0.25) is 5.02 Å². The van der Waals surface area contributed by atoms with Crippen LogP contribution < -0.4 is 0 Å². The summed E-state index contributed by atoms with van der Waals surface area (Å²) in [4.78, 5) is 3.43. The number of nitrogens with one attached hydrogen (secondary N) is 1. The number of hydrogen-bond acceptors (Lipinski definition) is 4. The Labute approximate surface area is 175 Å². The lowest BCUT2D eigenvalue weighted by Crippen LogP contribution is -2.10. The molecule has 0 fully saturated rings. The predicted molar refractivity (Wildman–Crippen MR) is 119 cm³/mol. The van der Waals surface area contributed by atoms with Crippen LogP contribution in [0.5, 0.6) is 0 Å². The molecule has 1 aromatic heterocycles. The van der Waals surface area contributed by atoms with Crippen LogP contribution in [0.3, 0.4) is 0 Å². The van der Waals surface area contributed by atoms with Crippen LogP contribution in [-0.4, -0.2) is 32.5 Å². The van der Waals surface area contributed by atoms with Gasteiger partial charge in [0.1, 0.15) is 0 Å². The molecule has 0 radical (unpaired) electrons. The summed E-state index contributed by atoms with van der Waals surface area (Å²) in [6.07, 6.45) is 5.75. The van der Waals surface area contributed by atoms with Crippen molar-refractivity contribution >= 4 is 44.4 Å². The van der Waals surface area contributed by atoms with Crippen LogP contribution in [-0.2, 0) is 20.1 Å². The first kappa shape index (κ1) is 21.2. The summed E-state index contributed by atoms with van der Waals surface area (Å²) in [7, 11) is -3.48. The van der Waals surface area contributed by atoms with Crippen molar-refractivity contribution in [1.29, 1.82) is 0 Å². The van der Waals surface area contributed by atoms with Crippen molar-refractivity contribution in [2.24, 2.45) is 0 Å². The third-order valence-corrected chi connectivity index (χ3v) is 6.25. The van der Waals surface area contributed by atoms with Crippen molar-refractivity contribution < 1.29 is 12.6 Å². The molecule has 1 unspecified atom stereocenters. The SMILES string of the molecule is CSCc1cccc2c(C(CCOS(C)(=O)=O)c3ccc(Cl)cc3C)c[nH]c12. The van der Waals surface area contributed by atoms with Crippen LogP contribution in [0.1, 0.15) is 34.6 Å². The molecule has 0 saturated heterocycles. The Balaban J connectivity index is 2.06. The van der Waals surface area contributed by atoms with Crippen LogP contribution in [0.15, 0.2) is 42.6 Å². The van der Waals surface area contributed by atoms with Gasteiger partial charge in [-0.15, -0.1) is 0 Å². The monoisotopic (exact) mass is 437 g/mol. The molecular weight excluding hydrogens is 414 g/mol. The van der Waals surface area contributed by atoms with Crippen molar-refractivity contribution in [3.63, 3.8) is 0 Å². The predicted octanol–water partition coefficient (Wildman–Crippen LogP) is 5.49. The van der Waals surface area contributed by atoms with Gasteiger partial charge in [0.25, 0.3) is 10.1 Å². The van der Waals surface area contributed by atoms with E-state index in [4.69, 9.17) is 15.8 Å². The van der Waals surface area contributed by atoms with E-state index in [1.807, 2.05) is 31.3 Å². The number of rotatable bonds is 8. The quantitative estimate of drug-likeness (QED) is 0.473. The number of aromatic amines is 1. The molecule has 1 atom stereocenters. The average Bonchev–Trinajstić information content (AvgIpc) is 3.04. The Bertz CT molecular complexity index is 1080. The van der Waals surface area contributed by atoms with Crippen LogP contribution in [0.25, 0.3) is 10.9 Å². The smallest absolute Gasteiger partial charge is 0.264 e. The molecule has 150 valence electrons. The number of aromatic nitrogens is 1. The first-order chi connectivity index (χ1) is 13.3. The van der Waals surface area contributed by atoms with Gasteiger partial charge in [0, 0.05) is 33.8 Å². The van der Waals surface area contributed by atoms with Crippen molar-refractivity contribution in [1.82, 2.24) is 4.98 Å². The first-order valence-electron chi connectivity index (χ1n) is 8.98. The van der Waals surface area contributed by atoms with Gasteiger partial charge in [0.05, 0.1) is 12.9 Å². The summed E-state index contributed by atoms with van der Waals surface area (Å²) in [5.41, 5.74) is 5.73. The number of thioether (sulfide) groups is 1. The van der Waals surface area contributed by atoms with Crippen LogP contribution in [0, 0.1) is 6.92 Å². The zero-order valence-electron chi connectivity index (χ0n) is 16.2. The largest absolute Gasteiger partial charge is 0.361 e. The van der Waals surface area contributed by atoms with Crippen LogP contribution in [0.4, 0.5) is 0 Å². The van der Waals surface area contributed by atoms with Gasteiger partial charge in [0.15, 0.2) is 0 Å². The van der Waals surface area contributed by atoms with Gasteiger partial charge in [0.2, 0.25) is 0 Å². The third-order valence-electron chi connectivity index (χ3n) is 4.82. The van der Waals surface area contributed by atoms with E-state index in [-0.39, 0.29) is 12.5 Å². The molecule has 1 heterocycles. The zero-order chi connectivity index (χ0) is 20.3. The lowest BCUT2D eigenvalue weighted by Gasteiger charge is -2.20. The fourth-order valence-corrected chi connectivity index (χ4v) is 4.81. The normalized spacial score (nSPS) is 13.1. The fourth-order valence-electron chi connectivity index (χ4n) is 3.63. The van der Waals surface area contributed by atoms with E-state index in [0.29, 0.717) is 11.4 Å². The van der Waals surface area contributed by atoms with Crippen molar-refractivity contribution in [3.8, 4) is 0 Å². The number of hydrogen-bond donors (Lipinski definition) is 1. The maximum Gasteiger partial charge on any atom is 0.264 e. The summed E-state index contributed by atoms with van der Waals surface area (Å²) in [5, 5.41) is 1.85. The Morgan fingerprint density at radius 3 is 2.68 bits per heavy atom. The lowest BCUT2D eigenvalue weighted by atomic mass is 9.86. The summed E-state index contributed by atoms with van der Waals surface area (Å²) < 4.78 is 27.9. The third kappa shape index (κ3) is 4.92. The van der Waals surface area contributed by atoms with Gasteiger partial charge < -0.3 is 4.98 Å². The van der Waals surface area contributed by atoms with Gasteiger partial charge >= 0.3 is 0 Å². The Morgan fingerprint density at radius 1 is 1.21 bits per heavy atom. The Hall–Kier alpha value is -1.47. The molecule has 0 spiro atoms. The number of aryl methyl sites for hydroxylation is 1. The van der Waals surface area contributed by atoms with E-state index in [1.54, 1.807) is 11.8 Å². The molecule has 0 amide bonds. The number of para-hydroxylation sites is 1. The number of benzene rings is 2. The number of H-pyrrole nitrogens is 1. The first-order valence-corrected chi connectivity index (χ1v) is 12.6. The average molecular weight is 438 g/mol. The maximum absolute atomic E-state index is 11.4. The molecule has 3 rings (SSSR count). The topological polar surface area (TPSA) is 59.2 Å². The Morgan fingerprint density at radius 2 is 2.00 bits per heavy atom. The summed E-state index contributed by atoms with van der Waals surface area (Å²) in [6, 6.07) is 12.2. The second-order valence-corrected chi connectivity index (χ2v) is 9.83. The molecule has 3 aromatic rings. The van der Waals surface area contributed by atoms with Crippen molar-refractivity contribution in [2.75, 3.05) is 19.1 Å². The highest BCUT2D eigenvalue weighted by Gasteiger charge is 2.21. The maximum atomic E-state index is 11.4. The summed E-state index contributed by atoms with van der Waals surface area (Å²) in [5.74, 6) is 0.927. The molecule has 0 saturated carbocycles. The molecule has 28 heavy (non-hydrogen) atoms. The van der Waals surface area contributed by atoms with E-state index >= 15 is 0 Å². The highest BCUT2D eigenvalue weighted by atomic mass is 35.5. The number of halogens is 1. The minimum Gasteiger partial charge on any atom is -0.361 e. The molecule has 1 N–H and O–H groups in total. The minimum atomic E-state index is -3.48. The van der Waals surface area contributed by atoms with Gasteiger partial charge in [-0.05, 0) is 54.0 Å².